The predicted octanol–water partition coefficient (Wildman–Crippen LogP) is 4.18. The molecule has 0 aromatic heterocycles. The van der Waals surface area contributed by atoms with Crippen LogP contribution in [0.5, 0.6) is 0 Å². The Bertz CT molecular complexity index is 903. The standard InChI is InChI=1S/C20H25ClFNO6S/c1-2-3-8-19(24)28-13-29-20(25)16-7-5-4-6-14(16)12-30(26,27)23-18-10-9-15(22)11-17(18)21/h7,9-11,14,23H,2-6,8,12-13H2,1H3. The Morgan fingerprint density at radius 2 is 2.07 bits per heavy atom. The average Bonchev–Trinajstić information content (AvgIpc) is 2.68. The van der Waals surface area contributed by atoms with Gasteiger partial charge in [-0.2, -0.15) is 0 Å². The molecule has 0 aliphatic heterocycles. The van der Waals surface area contributed by atoms with Crippen LogP contribution in [0.3, 0.4) is 0 Å². The Morgan fingerprint density at radius 3 is 2.77 bits per heavy atom. The predicted molar refractivity (Wildman–Crippen MR) is 111 cm³/mol. The number of carbonyl (C=O) groups is 2. The number of halogens is 2. The molecule has 1 N–H and O–H groups in total. The van der Waals surface area contributed by atoms with Gasteiger partial charge in [0.2, 0.25) is 16.8 Å². The first-order valence-electron chi connectivity index (χ1n) is 9.70. The van der Waals surface area contributed by atoms with Crippen LogP contribution in [0.25, 0.3) is 0 Å². The number of hydrogen-bond donors (Lipinski definition) is 1. The Kier molecular flexibility index (Phi) is 9.10. The van der Waals surface area contributed by atoms with Crippen molar-refractivity contribution in [1.82, 2.24) is 0 Å². The molecule has 1 aliphatic carbocycles. The second-order valence-corrected chi connectivity index (χ2v) is 9.14. The number of unbranched alkanes of at least 4 members (excludes halogenated alkanes) is 1. The molecule has 1 aromatic rings. The molecule has 0 saturated carbocycles. The van der Waals surface area contributed by atoms with Gasteiger partial charge in [0.15, 0.2) is 0 Å². The van der Waals surface area contributed by atoms with E-state index in [0.717, 1.165) is 25.0 Å². The van der Waals surface area contributed by atoms with E-state index in [2.05, 4.69) is 4.72 Å². The van der Waals surface area contributed by atoms with Crippen LogP contribution >= 0.6 is 11.6 Å². The number of nitrogens with one attached hydrogen (secondary N) is 1. The maximum atomic E-state index is 13.2. The van der Waals surface area contributed by atoms with E-state index in [9.17, 15) is 22.4 Å². The molecule has 2 rings (SSSR count). The smallest absolute Gasteiger partial charge is 0.336 e. The average molecular weight is 462 g/mol. The van der Waals surface area contributed by atoms with Gasteiger partial charge in [0.05, 0.1) is 16.5 Å². The fourth-order valence-electron chi connectivity index (χ4n) is 3.04. The van der Waals surface area contributed by atoms with Crippen LogP contribution in [-0.4, -0.2) is 32.9 Å². The van der Waals surface area contributed by atoms with Gasteiger partial charge < -0.3 is 9.47 Å². The summed E-state index contributed by atoms with van der Waals surface area (Å²) in [6.07, 6.45) is 5.24. The number of ether oxygens (including phenoxy) is 2. The molecule has 1 aliphatic rings. The molecule has 30 heavy (non-hydrogen) atoms. The molecule has 1 atom stereocenters. The molecular formula is C20H25ClFNO6S. The summed E-state index contributed by atoms with van der Waals surface area (Å²) >= 11 is 5.88. The topological polar surface area (TPSA) is 98.8 Å². The van der Waals surface area contributed by atoms with Gasteiger partial charge in [-0.25, -0.2) is 17.6 Å². The minimum Gasteiger partial charge on any atom is -0.428 e. The lowest BCUT2D eigenvalue weighted by Gasteiger charge is -2.23. The number of benzene rings is 1. The van der Waals surface area contributed by atoms with Gasteiger partial charge in [0.25, 0.3) is 0 Å². The van der Waals surface area contributed by atoms with Crippen molar-refractivity contribution in [2.45, 2.75) is 45.4 Å². The summed E-state index contributed by atoms with van der Waals surface area (Å²) in [5.41, 5.74) is 0.294. The highest BCUT2D eigenvalue weighted by Crippen LogP contribution is 2.29. The lowest BCUT2D eigenvalue weighted by atomic mass is 9.89. The van der Waals surface area contributed by atoms with Crippen LogP contribution in [0.2, 0.25) is 5.02 Å². The number of esters is 2. The zero-order valence-corrected chi connectivity index (χ0v) is 18.2. The molecule has 1 aromatic carbocycles. The Hall–Kier alpha value is -2.13. The maximum Gasteiger partial charge on any atom is 0.336 e. The third kappa shape index (κ3) is 7.60. The van der Waals surface area contributed by atoms with Gasteiger partial charge in [0, 0.05) is 17.9 Å². The zero-order valence-electron chi connectivity index (χ0n) is 16.7. The Balaban J connectivity index is 1.96. The molecule has 1 unspecified atom stereocenters. The maximum absolute atomic E-state index is 13.2. The fourth-order valence-corrected chi connectivity index (χ4v) is 4.78. The quantitative estimate of drug-likeness (QED) is 0.414. The summed E-state index contributed by atoms with van der Waals surface area (Å²) in [5.74, 6) is -2.70. The molecule has 0 bridgehead atoms. The van der Waals surface area contributed by atoms with Crippen molar-refractivity contribution in [3.05, 3.63) is 40.7 Å². The SMILES string of the molecule is CCCCC(=O)OCOC(=O)C1=CCCCC1CS(=O)(=O)Nc1ccc(F)cc1Cl. The lowest BCUT2D eigenvalue weighted by molar-refractivity contribution is -0.165. The van der Waals surface area contributed by atoms with E-state index in [-0.39, 0.29) is 28.5 Å². The van der Waals surface area contributed by atoms with E-state index in [1.54, 1.807) is 6.08 Å². The second-order valence-electron chi connectivity index (χ2n) is 6.96. The molecule has 10 heteroatoms. The number of hydrogen-bond acceptors (Lipinski definition) is 6. The van der Waals surface area contributed by atoms with Crippen LogP contribution in [-0.2, 0) is 29.1 Å². The summed E-state index contributed by atoms with van der Waals surface area (Å²) in [4.78, 5) is 23.9. The van der Waals surface area contributed by atoms with E-state index in [1.165, 1.54) is 6.07 Å². The third-order valence-corrected chi connectivity index (χ3v) is 6.24. The van der Waals surface area contributed by atoms with Crippen LogP contribution in [0, 0.1) is 11.7 Å². The fraction of sp³-hybridized carbons (Fsp3) is 0.500. The summed E-state index contributed by atoms with van der Waals surface area (Å²) in [5, 5.41) is -0.0673. The van der Waals surface area contributed by atoms with Crippen molar-refractivity contribution < 1.29 is 31.9 Å². The van der Waals surface area contributed by atoms with Gasteiger partial charge in [-0.1, -0.05) is 31.0 Å². The highest BCUT2D eigenvalue weighted by atomic mass is 35.5. The molecular weight excluding hydrogens is 437 g/mol. The van der Waals surface area contributed by atoms with Crippen LogP contribution in [0.1, 0.15) is 45.4 Å². The van der Waals surface area contributed by atoms with Gasteiger partial charge >= 0.3 is 11.9 Å². The Morgan fingerprint density at radius 1 is 1.30 bits per heavy atom. The first-order valence-corrected chi connectivity index (χ1v) is 11.7. The Labute approximate surface area is 180 Å². The second kappa shape index (κ2) is 11.3. The number of sulfonamides is 1. The van der Waals surface area contributed by atoms with E-state index >= 15 is 0 Å². The number of anilines is 1. The van der Waals surface area contributed by atoms with Crippen LogP contribution in [0.4, 0.5) is 10.1 Å². The summed E-state index contributed by atoms with van der Waals surface area (Å²) in [7, 11) is -3.87. The molecule has 0 heterocycles. The number of carbonyl (C=O) groups excluding carboxylic acids is 2. The van der Waals surface area contributed by atoms with Crippen molar-refractivity contribution >= 4 is 39.3 Å². The van der Waals surface area contributed by atoms with Crippen molar-refractivity contribution in [3.8, 4) is 0 Å². The summed E-state index contributed by atoms with van der Waals surface area (Å²) < 4.78 is 50.5. The first-order chi connectivity index (χ1) is 14.2. The molecule has 166 valence electrons. The third-order valence-electron chi connectivity index (χ3n) is 4.56. The normalized spacial score (nSPS) is 16.5. The molecule has 0 amide bonds. The lowest BCUT2D eigenvalue weighted by Crippen LogP contribution is -2.29. The first kappa shape index (κ1) is 24.1. The van der Waals surface area contributed by atoms with E-state index in [1.807, 2.05) is 6.92 Å². The zero-order chi connectivity index (χ0) is 22.1. The summed E-state index contributed by atoms with van der Waals surface area (Å²) in [6, 6.07) is 3.33. The van der Waals surface area contributed by atoms with Crippen molar-refractivity contribution in [1.29, 1.82) is 0 Å². The molecule has 0 radical (unpaired) electrons. The van der Waals surface area contributed by atoms with Gasteiger partial charge in [0.1, 0.15) is 5.82 Å². The van der Waals surface area contributed by atoms with Crippen molar-refractivity contribution in [2.75, 3.05) is 17.3 Å². The summed E-state index contributed by atoms with van der Waals surface area (Å²) in [6.45, 7) is 1.43. The highest BCUT2D eigenvalue weighted by Gasteiger charge is 2.29. The largest absolute Gasteiger partial charge is 0.428 e. The van der Waals surface area contributed by atoms with Crippen LogP contribution < -0.4 is 4.72 Å². The number of allylic oxidation sites excluding steroid dienone is 1. The minimum atomic E-state index is -3.87. The molecule has 0 spiro atoms. The molecule has 0 fully saturated rings. The van der Waals surface area contributed by atoms with Gasteiger partial charge in [-0.05, 0) is 43.9 Å². The highest BCUT2D eigenvalue weighted by molar-refractivity contribution is 7.92. The molecule has 0 saturated heterocycles. The van der Waals surface area contributed by atoms with E-state index in [4.69, 9.17) is 21.1 Å². The van der Waals surface area contributed by atoms with E-state index < -0.39 is 40.5 Å². The monoisotopic (exact) mass is 461 g/mol. The molecule has 7 nitrogen and oxygen atoms in total. The number of rotatable bonds is 10. The van der Waals surface area contributed by atoms with Gasteiger partial charge in [-0.3, -0.25) is 9.52 Å². The van der Waals surface area contributed by atoms with Crippen LogP contribution in [0.15, 0.2) is 29.8 Å². The van der Waals surface area contributed by atoms with Crippen molar-refractivity contribution in [2.24, 2.45) is 5.92 Å². The van der Waals surface area contributed by atoms with E-state index in [0.29, 0.717) is 19.3 Å². The van der Waals surface area contributed by atoms with Gasteiger partial charge in [-0.15, -0.1) is 0 Å². The minimum absolute atomic E-state index is 0.0565. The van der Waals surface area contributed by atoms with Crippen molar-refractivity contribution in [3.63, 3.8) is 0 Å².